The highest BCUT2D eigenvalue weighted by Gasteiger charge is 2.15. The molecule has 0 radical (unpaired) electrons. The highest BCUT2D eigenvalue weighted by molar-refractivity contribution is 5.85. The molecule has 88 valence electrons. The van der Waals surface area contributed by atoms with Crippen molar-refractivity contribution in [1.29, 1.82) is 0 Å². The van der Waals surface area contributed by atoms with Gasteiger partial charge in [0.2, 0.25) is 0 Å². The zero-order chi connectivity index (χ0) is 11.7. The Morgan fingerprint density at radius 1 is 0.941 bits per heavy atom. The van der Waals surface area contributed by atoms with E-state index in [0.29, 0.717) is 0 Å². The molecule has 0 N–H and O–H groups in total. The Morgan fingerprint density at radius 3 is 2.41 bits per heavy atom. The SMILES string of the molecule is CC1CCN(c2ccc3ccccc3c2)CC1. The molecule has 3 rings (SSSR count). The van der Waals surface area contributed by atoms with Gasteiger partial charge in [0.1, 0.15) is 0 Å². The summed E-state index contributed by atoms with van der Waals surface area (Å²) in [5, 5.41) is 2.69. The number of piperidine rings is 1. The number of benzene rings is 2. The Balaban J connectivity index is 1.90. The van der Waals surface area contributed by atoms with Crippen molar-refractivity contribution in [3.05, 3.63) is 42.5 Å². The van der Waals surface area contributed by atoms with Crippen molar-refractivity contribution in [3.8, 4) is 0 Å². The van der Waals surface area contributed by atoms with Crippen LogP contribution in [-0.4, -0.2) is 13.1 Å². The average Bonchev–Trinajstić information content (AvgIpc) is 2.39. The second-order valence-electron chi connectivity index (χ2n) is 5.20. The molecule has 1 heteroatoms. The van der Waals surface area contributed by atoms with Crippen LogP contribution in [0.4, 0.5) is 5.69 Å². The third-order valence-corrected chi connectivity index (χ3v) is 3.88. The monoisotopic (exact) mass is 225 g/mol. The van der Waals surface area contributed by atoms with Gasteiger partial charge in [0.25, 0.3) is 0 Å². The van der Waals surface area contributed by atoms with Crippen LogP contribution in [0.2, 0.25) is 0 Å². The van der Waals surface area contributed by atoms with Gasteiger partial charge in [0, 0.05) is 18.8 Å². The first-order chi connectivity index (χ1) is 8.33. The molecule has 1 heterocycles. The van der Waals surface area contributed by atoms with Gasteiger partial charge in [-0.2, -0.15) is 0 Å². The first-order valence-corrected chi connectivity index (χ1v) is 6.57. The summed E-state index contributed by atoms with van der Waals surface area (Å²) in [6.07, 6.45) is 2.65. The standard InChI is InChI=1S/C16H19N/c1-13-8-10-17(11-9-13)16-7-6-14-4-2-3-5-15(14)12-16/h2-7,12-13H,8-11H2,1H3. The molecule has 2 aromatic rings. The van der Waals surface area contributed by atoms with E-state index in [4.69, 9.17) is 0 Å². The normalized spacial score (nSPS) is 17.6. The zero-order valence-corrected chi connectivity index (χ0v) is 10.4. The quantitative estimate of drug-likeness (QED) is 0.707. The molecule has 2 aromatic carbocycles. The summed E-state index contributed by atoms with van der Waals surface area (Å²) < 4.78 is 0. The smallest absolute Gasteiger partial charge is 0.0372 e. The van der Waals surface area contributed by atoms with Crippen molar-refractivity contribution in [3.63, 3.8) is 0 Å². The van der Waals surface area contributed by atoms with Crippen LogP contribution in [0.1, 0.15) is 19.8 Å². The number of hydrogen-bond acceptors (Lipinski definition) is 1. The summed E-state index contributed by atoms with van der Waals surface area (Å²) in [5.41, 5.74) is 1.38. The summed E-state index contributed by atoms with van der Waals surface area (Å²) in [6, 6.07) is 15.4. The van der Waals surface area contributed by atoms with E-state index < -0.39 is 0 Å². The Hall–Kier alpha value is -1.50. The van der Waals surface area contributed by atoms with E-state index in [2.05, 4.69) is 54.3 Å². The molecule has 0 saturated carbocycles. The topological polar surface area (TPSA) is 3.24 Å². The van der Waals surface area contributed by atoms with Gasteiger partial charge in [-0.1, -0.05) is 37.3 Å². The lowest BCUT2D eigenvalue weighted by atomic mass is 9.98. The van der Waals surface area contributed by atoms with E-state index in [1.807, 2.05) is 0 Å². The van der Waals surface area contributed by atoms with Crippen LogP contribution >= 0.6 is 0 Å². The molecule has 17 heavy (non-hydrogen) atoms. The van der Waals surface area contributed by atoms with E-state index >= 15 is 0 Å². The van der Waals surface area contributed by atoms with E-state index in [0.717, 1.165) is 5.92 Å². The molecule has 1 aliphatic heterocycles. The van der Waals surface area contributed by atoms with Crippen molar-refractivity contribution >= 4 is 16.5 Å². The average molecular weight is 225 g/mol. The van der Waals surface area contributed by atoms with Gasteiger partial charge in [0.05, 0.1) is 0 Å². The van der Waals surface area contributed by atoms with Crippen molar-refractivity contribution in [2.24, 2.45) is 5.92 Å². The molecule has 1 saturated heterocycles. The van der Waals surface area contributed by atoms with E-state index in [1.54, 1.807) is 0 Å². The van der Waals surface area contributed by atoms with Gasteiger partial charge in [-0.3, -0.25) is 0 Å². The van der Waals surface area contributed by atoms with Gasteiger partial charge in [-0.15, -0.1) is 0 Å². The van der Waals surface area contributed by atoms with E-state index in [-0.39, 0.29) is 0 Å². The fourth-order valence-corrected chi connectivity index (χ4v) is 2.64. The largest absolute Gasteiger partial charge is 0.371 e. The highest BCUT2D eigenvalue weighted by atomic mass is 15.1. The van der Waals surface area contributed by atoms with Crippen molar-refractivity contribution in [1.82, 2.24) is 0 Å². The lowest BCUT2D eigenvalue weighted by Crippen LogP contribution is -2.32. The van der Waals surface area contributed by atoms with Gasteiger partial charge >= 0.3 is 0 Å². The molecule has 0 atom stereocenters. The molecule has 0 spiro atoms. The third kappa shape index (κ3) is 2.14. The Bertz CT molecular complexity index is 510. The molecular formula is C16H19N. The first kappa shape index (κ1) is 10.6. The Kier molecular flexibility index (Phi) is 2.76. The molecule has 1 aliphatic rings. The minimum Gasteiger partial charge on any atom is -0.371 e. The summed E-state index contributed by atoms with van der Waals surface area (Å²) in [5.74, 6) is 0.895. The van der Waals surface area contributed by atoms with Crippen molar-refractivity contribution in [2.75, 3.05) is 18.0 Å². The molecule has 0 aliphatic carbocycles. The summed E-state index contributed by atoms with van der Waals surface area (Å²) in [4.78, 5) is 2.52. The first-order valence-electron chi connectivity index (χ1n) is 6.57. The minimum absolute atomic E-state index is 0.895. The van der Waals surface area contributed by atoms with Gasteiger partial charge in [-0.25, -0.2) is 0 Å². The van der Waals surface area contributed by atoms with Gasteiger partial charge < -0.3 is 4.90 Å². The maximum Gasteiger partial charge on any atom is 0.0372 e. The maximum atomic E-state index is 2.52. The summed E-state index contributed by atoms with van der Waals surface area (Å²) in [6.45, 7) is 4.77. The predicted octanol–water partition coefficient (Wildman–Crippen LogP) is 4.08. The number of hydrogen-bond donors (Lipinski definition) is 0. The second kappa shape index (κ2) is 4.40. The predicted molar refractivity (Wildman–Crippen MR) is 74.6 cm³/mol. The number of fused-ring (bicyclic) bond motifs is 1. The lowest BCUT2D eigenvalue weighted by molar-refractivity contribution is 0.438. The van der Waals surface area contributed by atoms with Crippen LogP contribution in [0.15, 0.2) is 42.5 Å². The molecule has 0 unspecified atom stereocenters. The third-order valence-electron chi connectivity index (χ3n) is 3.88. The maximum absolute atomic E-state index is 2.52. The molecule has 1 nitrogen and oxygen atoms in total. The molecule has 0 bridgehead atoms. The van der Waals surface area contributed by atoms with Crippen LogP contribution in [0.25, 0.3) is 10.8 Å². The zero-order valence-electron chi connectivity index (χ0n) is 10.4. The van der Waals surface area contributed by atoms with Gasteiger partial charge in [-0.05, 0) is 41.7 Å². The Morgan fingerprint density at radius 2 is 1.65 bits per heavy atom. The highest BCUT2D eigenvalue weighted by Crippen LogP contribution is 2.26. The molecule has 0 aromatic heterocycles. The van der Waals surface area contributed by atoms with Crippen LogP contribution in [0.5, 0.6) is 0 Å². The summed E-state index contributed by atoms with van der Waals surface area (Å²) >= 11 is 0. The van der Waals surface area contributed by atoms with Crippen LogP contribution in [0.3, 0.4) is 0 Å². The van der Waals surface area contributed by atoms with E-state index in [1.165, 1.54) is 42.4 Å². The number of nitrogens with zero attached hydrogens (tertiary/aromatic N) is 1. The number of anilines is 1. The van der Waals surface area contributed by atoms with E-state index in [9.17, 15) is 0 Å². The summed E-state index contributed by atoms with van der Waals surface area (Å²) in [7, 11) is 0. The molecule has 0 amide bonds. The van der Waals surface area contributed by atoms with Crippen LogP contribution in [0, 0.1) is 5.92 Å². The number of rotatable bonds is 1. The van der Waals surface area contributed by atoms with Crippen molar-refractivity contribution < 1.29 is 0 Å². The molecular weight excluding hydrogens is 206 g/mol. The fourth-order valence-electron chi connectivity index (χ4n) is 2.64. The Labute approximate surface area is 103 Å². The van der Waals surface area contributed by atoms with Crippen LogP contribution < -0.4 is 4.90 Å². The molecule has 1 fully saturated rings. The second-order valence-corrected chi connectivity index (χ2v) is 5.20. The fraction of sp³-hybridized carbons (Fsp3) is 0.375. The van der Waals surface area contributed by atoms with Gasteiger partial charge in [0.15, 0.2) is 0 Å². The van der Waals surface area contributed by atoms with Crippen molar-refractivity contribution in [2.45, 2.75) is 19.8 Å². The van der Waals surface area contributed by atoms with Crippen LogP contribution in [-0.2, 0) is 0 Å². The lowest BCUT2D eigenvalue weighted by Gasteiger charge is -2.32. The minimum atomic E-state index is 0.895.